The van der Waals surface area contributed by atoms with E-state index in [-0.39, 0.29) is 35.4 Å². The predicted octanol–water partition coefficient (Wildman–Crippen LogP) is 4.44. The normalized spacial score (nSPS) is 17.3. The molecule has 0 unspecified atom stereocenters. The quantitative estimate of drug-likeness (QED) is 0.691. The Hall–Kier alpha value is -2.88. The first kappa shape index (κ1) is 22.8. The number of halogens is 4. The number of nitrogens with zero attached hydrogens (tertiary/aromatic N) is 4. The topological polar surface area (TPSA) is 78.4 Å². The summed E-state index contributed by atoms with van der Waals surface area (Å²) in [7, 11) is 0. The fraction of sp³-hybridized carbons (Fsp3) is 0.400. The lowest BCUT2D eigenvalue weighted by atomic mass is 9.86. The molecule has 3 heterocycles. The summed E-state index contributed by atoms with van der Waals surface area (Å²) in [5.41, 5.74) is -0.761. The van der Waals surface area contributed by atoms with Gasteiger partial charge >= 0.3 is 12.2 Å². The van der Waals surface area contributed by atoms with E-state index in [1.165, 1.54) is 28.1 Å². The van der Waals surface area contributed by atoms with E-state index in [1.54, 1.807) is 6.07 Å². The molecule has 1 N–H and O–H groups in total. The number of urea groups is 1. The van der Waals surface area contributed by atoms with Gasteiger partial charge in [-0.1, -0.05) is 32.4 Å². The van der Waals surface area contributed by atoms with Crippen molar-refractivity contribution in [2.75, 3.05) is 23.3 Å². The molecule has 11 heteroatoms. The average Bonchev–Trinajstić information content (AvgIpc) is 3.00. The SMILES string of the molecule is CC(C)(C)[C@H]1CN(c2ccc(C(F)(F)F)nc2)C(=O)N1CC(=O)Nc1ccc(Cl)nc1. The third-order valence-electron chi connectivity index (χ3n) is 4.88. The van der Waals surface area contributed by atoms with E-state index in [9.17, 15) is 22.8 Å². The van der Waals surface area contributed by atoms with Gasteiger partial charge in [0.2, 0.25) is 5.91 Å². The van der Waals surface area contributed by atoms with Crippen LogP contribution in [0.5, 0.6) is 0 Å². The van der Waals surface area contributed by atoms with E-state index in [0.29, 0.717) is 5.69 Å². The van der Waals surface area contributed by atoms with Crippen molar-refractivity contribution in [2.24, 2.45) is 5.41 Å². The lowest BCUT2D eigenvalue weighted by molar-refractivity contribution is -0.141. The molecule has 2 aromatic heterocycles. The fourth-order valence-corrected chi connectivity index (χ4v) is 3.40. The molecule has 1 aliphatic heterocycles. The summed E-state index contributed by atoms with van der Waals surface area (Å²) in [5.74, 6) is -0.431. The maximum atomic E-state index is 13.1. The first-order chi connectivity index (χ1) is 14.4. The minimum Gasteiger partial charge on any atom is -0.323 e. The zero-order chi connectivity index (χ0) is 23.0. The van der Waals surface area contributed by atoms with Gasteiger partial charge in [0, 0.05) is 6.54 Å². The van der Waals surface area contributed by atoms with Gasteiger partial charge in [-0.2, -0.15) is 13.2 Å². The first-order valence-electron chi connectivity index (χ1n) is 9.39. The molecule has 1 atom stereocenters. The highest BCUT2D eigenvalue weighted by Gasteiger charge is 2.44. The van der Waals surface area contributed by atoms with Crippen molar-refractivity contribution < 1.29 is 22.8 Å². The van der Waals surface area contributed by atoms with E-state index in [4.69, 9.17) is 11.6 Å². The van der Waals surface area contributed by atoms with Crippen molar-refractivity contribution in [3.8, 4) is 0 Å². The minimum absolute atomic E-state index is 0.213. The number of rotatable bonds is 4. The van der Waals surface area contributed by atoms with Gasteiger partial charge in [-0.05, 0) is 29.7 Å². The van der Waals surface area contributed by atoms with Crippen molar-refractivity contribution in [3.63, 3.8) is 0 Å². The third-order valence-corrected chi connectivity index (χ3v) is 5.11. The largest absolute Gasteiger partial charge is 0.433 e. The molecular formula is C20H21ClF3N5O2. The molecule has 0 aromatic carbocycles. The molecule has 7 nitrogen and oxygen atoms in total. The van der Waals surface area contributed by atoms with E-state index in [0.717, 1.165) is 12.3 Å². The van der Waals surface area contributed by atoms with Gasteiger partial charge in [0.05, 0.1) is 29.8 Å². The van der Waals surface area contributed by atoms with Crippen molar-refractivity contribution in [3.05, 3.63) is 47.5 Å². The highest BCUT2D eigenvalue weighted by atomic mass is 35.5. The Morgan fingerprint density at radius 3 is 2.39 bits per heavy atom. The third kappa shape index (κ3) is 5.25. The molecule has 3 rings (SSSR count). The number of hydrogen-bond acceptors (Lipinski definition) is 4. The van der Waals surface area contributed by atoms with Gasteiger partial charge in [0.15, 0.2) is 0 Å². The van der Waals surface area contributed by atoms with Crippen LogP contribution < -0.4 is 10.2 Å². The Morgan fingerprint density at radius 1 is 1.16 bits per heavy atom. The van der Waals surface area contributed by atoms with Crippen LogP contribution in [0.25, 0.3) is 0 Å². The van der Waals surface area contributed by atoms with E-state index in [1.807, 2.05) is 20.8 Å². The van der Waals surface area contributed by atoms with Gasteiger partial charge in [-0.15, -0.1) is 0 Å². The number of anilines is 2. The Balaban J connectivity index is 1.79. The molecule has 1 saturated heterocycles. The highest BCUT2D eigenvalue weighted by molar-refractivity contribution is 6.29. The first-order valence-corrected chi connectivity index (χ1v) is 9.77. The zero-order valence-corrected chi connectivity index (χ0v) is 17.8. The van der Waals surface area contributed by atoms with Gasteiger partial charge < -0.3 is 10.2 Å². The average molecular weight is 456 g/mol. The number of aromatic nitrogens is 2. The molecule has 31 heavy (non-hydrogen) atoms. The van der Waals surface area contributed by atoms with Crippen LogP contribution in [-0.2, 0) is 11.0 Å². The zero-order valence-electron chi connectivity index (χ0n) is 17.1. The Kier molecular flexibility index (Phi) is 6.13. The maximum absolute atomic E-state index is 13.1. The molecule has 1 fully saturated rings. The number of carbonyl (C=O) groups is 2. The lowest BCUT2D eigenvalue weighted by Crippen LogP contribution is -2.46. The van der Waals surface area contributed by atoms with E-state index < -0.39 is 23.8 Å². The molecule has 0 spiro atoms. The smallest absolute Gasteiger partial charge is 0.323 e. The number of alkyl halides is 3. The Bertz CT molecular complexity index is 959. The summed E-state index contributed by atoms with van der Waals surface area (Å²) in [5, 5.41) is 2.94. The summed E-state index contributed by atoms with van der Waals surface area (Å²) in [6.45, 7) is 5.76. The Labute approximate surface area is 182 Å². The molecule has 2 aromatic rings. The van der Waals surface area contributed by atoms with Crippen LogP contribution in [0, 0.1) is 5.41 Å². The molecule has 166 valence electrons. The number of carbonyl (C=O) groups excluding carboxylic acids is 2. The lowest BCUT2D eigenvalue weighted by Gasteiger charge is -2.33. The molecule has 0 bridgehead atoms. The number of amides is 3. The molecule has 1 aliphatic rings. The number of nitrogens with one attached hydrogen (secondary N) is 1. The van der Waals surface area contributed by atoms with Crippen LogP contribution in [-0.4, -0.2) is 45.9 Å². The van der Waals surface area contributed by atoms with Gasteiger partial charge in [0.1, 0.15) is 17.4 Å². The molecule has 0 aliphatic carbocycles. The summed E-state index contributed by atoms with van der Waals surface area (Å²) in [6.07, 6.45) is -2.15. The van der Waals surface area contributed by atoms with Crippen LogP contribution in [0.15, 0.2) is 36.7 Å². The molecule has 0 radical (unpaired) electrons. The highest BCUT2D eigenvalue weighted by Crippen LogP contribution is 2.34. The fourth-order valence-electron chi connectivity index (χ4n) is 3.29. The summed E-state index contributed by atoms with van der Waals surface area (Å²) < 4.78 is 38.4. The Morgan fingerprint density at radius 2 is 1.87 bits per heavy atom. The second-order valence-corrected chi connectivity index (χ2v) is 8.61. The minimum atomic E-state index is -4.57. The summed E-state index contributed by atoms with van der Waals surface area (Å²) >= 11 is 5.73. The summed E-state index contributed by atoms with van der Waals surface area (Å²) in [4.78, 5) is 35.7. The van der Waals surface area contributed by atoms with Crippen molar-refractivity contribution >= 4 is 34.9 Å². The number of hydrogen-bond donors (Lipinski definition) is 1. The van der Waals surface area contributed by atoms with E-state index >= 15 is 0 Å². The van der Waals surface area contributed by atoms with E-state index in [2.05, 4.69) is 15.3 Å². The van der Waals surface area contributed by atoms with Crippen LogP contribution in [0.2, 0.25) is 5.15 Å². The molecule has 0 saturated carbocycles. The van der Waals surface area contributed by atoms with Crippen molar-refractivity contribution in [1.82, 2.24) is 14.9 Å². The van der Waals surface area contributed by atoms with Crippen molar-refractivity contribution in [2.45, 2.75) is 33.0 Å². The standard InChI is InChI=1S/C20H21ClF3N5O2/c1-19(2,3)15-10-28(13-5-6-14(25-9-13)20(22,23)24)18(31)29(15)11-17(30)27-12-4-7-16(21)26-8-12/h4-9,15H,10-11H2,1-3H3,(H,27,30)/t15-/m1/s1. The van der Waals surface area contributed by atoms with Crippen molar-refractivity contribution in [1.29, 1.82) is 0 Å². The molecular weight excluding hydrogens is 435 g/mol. The van der Waals surface area contributed by atoms with Gasteiger partial charge in [0.25, 0.3) is 0 Å². The number of pyridine rings is 2. The predicted molar refractivity (Wildman–Crippen MR) is 110 cm³/mol. The van der Waals surface area contributed by atoms with Gasteiger partial charge in [-0.25, -0.2) is 14.8 Å². The monoisotopic (exact) mass is 455 g/mol. The maximum Gasteiger partial charge on any atom is 0.433 e. The van der Waals surface area contributed by atoms with Crippen LogP contribution in [0.3, 0.4) is 0 Å². The van der Waals surface area contributed by atoms with Crippen LogP contribution in [0.1, 0.15) is 26.5 Å². The second kappa shape index (κ2) is 8.33. The van der Waals surface area contributed by atoms with Gasteiger partial charge in [-0.3, -0.25) is 9.69 Å². The van der Waals surface area contributed by atoms with Crippen LogP contribution in [0.4, 0.5) is 29.3 Å². The summed E-state index contributed by atoms with van der Waals surface area (Å²) in [6, 6.07) is 4.31. The second-order valence-electron chi connectivity index (χ2n) is 8.22. The molecule has 3 amide bonds. The van der Waals surface area contributed by atoms with Crippen LogP contribution >= 0.6 is 11.6 Å².